The first-order valence-corrected chi connectivity index (χ1v) is 8.65. The molecule has 0 aromatic carbocycles. The van der Waals surface area contributed by atoms with Crippen LogP contribution in [-0.2, 0) is 4.79 Å². The zero-order valence-electron chi connectivity index (χ0n) is 13.5. The minimum absolute atomic E-state index is 0.0459. The molecule has 0 spiro atoms. The zero-order chi connectivity index (χ0) is 15.5. The Bertz CT molecular complexity index is 352. The third-order valence-electron chi connectivity index (χ3n) is 5.55. The summed E-state index contributed by atoms with van der Waals surface area (Å²) in [5.41, 5.74) is -0.861. The third-order valence-corrected chi connectivity index (χ3v) is 5.55. The van der Waals surface area contributed by atoms with Gasteiger partial charge < -0.3 is 15.5 Å². The fraction of sp³-hybridized carbons (Fsp3) is 0.941. The Kier molecular flexibility index (Phi) is 5.67. The normalized spacial score (nSPS) is 31.6. The zero-order valence-corrected chi connectivity index (χ0v) is 13.5. The van der Waals surface area contributed by atoms with Gasteiger partial charge in [-0.1, -0.05) is 26.7 Å². The first-order chi connectivity index (χ1) is 10.0. The predicted molar refractivity (Wildman–Crippen MR) is 82.7 cm³/mol. The van der Waals surface area contributed by atoms with E-state index >= 15 is 0 Å². The molecule has 0 saturated heterocycles. The molecule has 4 nitrogen and oxygen atoms in total. The molecule has 0 aromatic heterocycles. The molecule has 2 rings (SSSR count). The summed E-state index contributed by atoms with van der Waals surface area (Å²) in [5, 5.41) is 23.3. The summed E-state index contributed by atoms with van der Waals surface area (Å²) >= 11 is 0. The van der Waals surface area contributed by atoms with Gasteiger partial charge in [-0.3, -0.25) is 4.79 Å². The molecule has 0 aliphatic heterocycles. The maximum Gasteiger partial charge on any atom is 0.223 e. The van der Waals surface area contributed by atoms with Gasteiger partial charge in [0.1, 0.15) is 0 Å². The topological polar surface area (TPSA) is 69.6 Å². The van der Waals surface area contributed by atoms with Crippen molar-refractivity contribution in [2.24, 2.45) is 17.8 Å². The fourth-order valence-electron chi connectivity index (χ4n) is 4.67. The Morgan fingerprint density at radius 1 is 1.19 bits per heavy atom. The van der Waals surface area contributed by atoms with Crippen molar-refractivity contribution in [3.05, 3.63) is 0 Å². The molecule has 4 unspecified atom stereocenters. The van der Waals surface area contributed by atoms with Gasteiger partial charge in [0.15, 0.2) is 0 Å². The van der Waals surface area contributed by atoms with E-state index in [1.54, 1.807) is 0 Å². The molecule has 122 valence electrons. The van der Waals surface area contributed by atoms with Crippen LogP contribution in [0.5, 0.6) is 0 Å². The molecule has 2 saturated carbocycles. The molecular formula is C17H31NO3. The Balaban J connectivity index is 1.91. The van der Waals surface area contributed by atoms with E-state index in [2.05, 4.69) is 5.32 Å². The molecule has 2 aliphatic carbocycles. The molecule has 21 heavy (non-hydrogen) atoms. The number of fused-ring (bicyclic) bond motifs is 2. The molecular weight excluding hydrogens is 266 g/mol. The van der Waals surface area contributed by atoms with Crippen LogP contribution in [0.1, 0.15) is 65.2 Å². The van der Waals surface area contributed by atoms with Gasteiger partial charge in [0.2, 0.25) is 5.91 Å². The highest BCUT2D eigenvalue weighted by atomic mass is 16.3. The third kappa shape index (κ3) is 3.78. The summed E-state index contributed by atoms with van der Waals surface area (Å²) in [6, 6.07) is 0.119. The van der Waals surface area contributed by atoms with Crippen molar-refractivity contribution in [1.82, 2.24) is 5.32 Å². The number of carbonyl (C=O) groups is 1. The number of rotatable bonds is 8. The standard InChI is InChI=1S/C17H31NO3/c1-3-7-17(21,8-4-2)10-15(20)18-16-13-6-5-12(9-13)14(16)11-19/h12-14,16,19,21H,3-11H2,1-2H3,(H,18,20). The van der Waals surface area contributed by atoms with Crippen LogP contribution in [0.2, 0.25) is 0 Å². The van der Waals surface area contributed by atoms with E-state index in [0.717, 1.165) is 19.3 Å². The summed E-state index contributed by atoms with van der Waals surface area (Å²) in [6.45, 7) is 4.24. The molecule has 2 bridgehead atoms. The summed E-state index contributed by atoms with van der Waals surface area (Å²) < 4.78 is 0. The van der Waals surface area contributed by atoms with E-state index in [1.807, 2.05) is 13.8 Å². The van der Waals surface area contributed by atoms with Crippen LogP contribution in [0, 0.1) is 17.8 Å². The first-order valence-electron chi connectivity index (χ1n) is 8.65. The second-order valence-electron chi connectivity index (χ2n) is 7.17. The minimum Gasteiger partial charge on any atom is -0.396 e. The van der Waals surface area contributed by atoms with Crippen molar-refractivity contribution in [3.63, 3.8) is 0 Å². The van der Waals surface area contributed by atoms with E-state index in [4.69, 9.17) is 0 Å². The highest BCUT2D eigenvalue weighted by Crippen LogP contribution is 2.48. The molecule has 0 radical (unpaired) electrons. The Labute approximate surface area is 128 Å². The smallest absolute Gasteiger partial charge is 0.223 e. The van der Waals surface area contributed by atoms with Crippen molar-refractivity contribution in [3.8, 4) is 0 Å². The SMILES string of the molecule is CCCC(O)(CCC)CC(=O)NC1C2CCC(C2)C1CO. The van der Waals surface area contributed by atoms with Crippen LogP contribution in [0.3, 0.4) is 0 Å². The fourth-order valence-corrected chi connectivity index (χ4v) is 4.67. The molecule has 0 heterocycles. The van der Waals surface area contributed by atoms with Crippen LogP contribution in [0.25, 0.3) is 0 Å². The first kappa shape index (κ1) is 16.8. The molecule has 4 atom stereocenters. The Hall–Kier alpha value is -0.610. The lowest BCUT2D eigenvalue weighted by Crippen LogP contribution is -2.47. The van der Waals surface area contributed by atoms with Crippen molar-refractivity contribution in [2.75, 3.05) is 6.61 Å². The van der Waals surface area contributed by atoms with E-state index in [1.165, 1.54) is 12.8 Å². The molecule has 4 heteroatoms. The van der Waals surface area contributed by atoms with Crippen LogP contribution in [-0.4, -0.2) is 34.4 Å². The maximum atomic E-state index is 12.3. The molecule has 2 fully saturated rings. The highest BCUT2D eigenvalue weighted by Gasteiger charge is 2.47. The average molecular weight is 297 g/mol. The molecule has 1 amide bonds. The summed E-state index contributed by atoms with van der Waals surface area (Å²) in [4.78, 5) is 12.3. The second kappa shape index (κ2) is 7.10. The minimum atomic E-state index is -0.861. The lowest BCUT2D eigenvalue weighted by Gasteiger charge is -2.32. The van der Waals surface area contributed by atoms with Crippen LogP contribution < -0.4 is 5.32 Å². The monoisotopic (exact) mass is 297 g/mol. The number of aliphatic hydroxyl groups is 2. The molecule has 2 aliphatic rings. The van der Waals surface area contributed by atoms with Crippen molar-refractivity contribution in [1.29, 1.82) is 0 Å². The highest BCUT2D eigenvalue weighted by molar-refractivity contribution is 5.77. The van der Waals surface area contributed by atoms with Crippen LogP contribution in [0.15, 0.2) is 0 Å². The van der Waals surface area contributed by atoms with Gasteiger partial charge in [-0.05, 0) is 43.9 Å². The summed E-state index contributed by atoms with van der Waals surface area (Å²) in [7, 11) is 0. The van der Waals surface area contributed by atoms with Gasteiger partial charge in [-0.2, -0.15) is 0 Å². The summed E-state index contributed by atoms with van der Waals surface area (Å²) in [5.74, 6) is 1.28. The largest absolute Gasteiger partial charge is 0.396 e. The lowest BCUT2D eigenvalue weighted by molar-refractivity contribution is -0.128. The van der Waals surface area contributed by atoms with E-state index in [9.17, 15) is 15.0 Å². The second-order valence-corrected chi connectivity index (χ2v) is 7.17. The Morgan fingerprint density at radius 3 is 2.38 bits per heavy atom. The predicted octanol–water partition coefficient (Wildman–Crippen LogP) is 2.23. The van der Waals surface area contributed by atoms with Gasteiger partial charge in [0.25, 0.3) is 0 Å². The van der Waals surface area contributed by atoms with Crippen molar-refractivity contribution < 1.29 is 15.0 Å². The van der Waals surface area contributed by atoms with Gasteiger partial charge >= 0.3 is 0 Å². The average Bonchev–Trinajstić information content (AvgIpc) is 2.99. The number of hydrogen-bond donors (Lipinski definition) is 3. The Morgan fingerprint density at radius 2 is 1.81 bits per heavy atom. The van der Waals surface area contributed by atoms with Crippen LogP contribution >= 0.6 is 0 Å². The maximum absolute atomic E-state index is 12.3. The van der Waals surface area contributed by atoms with Crippen LogP contribution in [0.4, 0.5) is 0 Å². The number of amides is 1. The number of hydrogen-bond acceptors (Lipinski definition) is 3. The number of aliphatic hydroxyl groups excluding tert-OH is 1. The van der Waals surface area contributed by atoms with Crippen molar-refractivity contribution in [2.45, 2.75) is 76.9 Å². The number of nitrogens with one attached hydrogen (secondary N) is 1. The number of carbonyl (C=O) groups excluding carboxylic acids is 1. The van der Waals surface area contributed by atoms with Gasteiger partial charge in [0, 0.05) is 18.6 Å². The van der Waals surface area contributed by atoms with E-state index in [0.29, 0.717) is 24.7 Å². The van der Waals surface area contributed by atoms with Gasteiger partial charge in [0.05, 0.1) is 12.0 Å². The quantitative estimate of drug-likeness (QED) is 0.643. The molecule has 0 aromatic rings. The van der Waals surface area contributed by atoms with E-state index in [-0.39, 0.29) is 30.9 Å². The van der Waals surface area contributed by atoms with Crippen molar-refractivity contribution >= 4 is 5.91 Å². The molecule has 3 N–H and O–H groups in total. The van der Waals surface area contributed by atoms with E-state index < -0.39 is 5.60 Å². The van der Waals surface area contributed by atoms with Gasteiger partial charge in [-0.15, -0.1) is 0 Å². The lowest BCUT2D eigenvalue weighted by atomic mass is 9.84. The van der Waals surface area contributed by atoms with Gasteiger partial charge in [-0.25, -0.2) is 0 Å². The summed E-state index contributed by atoms with van der Waals surface area (Å²) in [6.07, 6.45) is 6.82.